The van der Waals surface area contributed by atoms with Crippen LogP contribution < -0.4 is 5.32 Å². The fourth-order valence-electron chi connectivity index (χ4n) is 5.18. The lowest BCUT2D eigenvalue weighted by atomic mass is 9.79. The average Bonchev–Trinajstić information content (AvgIpc) is 3.56. The van der Waals surface area contributed by atoms with Gasteiger partial charge in [0.2, 0.25) is 5.91 Å². The van der Waals surface area contributed by atoms with E-state index in [1.807, 2.05) is 82.7 Å². The van der Waals surface area contributed by atoms with Gasteiger partial charge in [0.05, 0.1) is 23.7 Å². The zero-order valence-corrected chi connectivity index (χ0v) is 22.1. The summed E-state index contributed by atoms with van der Waals surface area (Å²) in [5.41, 5.74) is 4.97. The highest BCUT2D eigenvalue weighted by Crippen LogP contribution is 2.40. The van der Waals surface area contributed by atoms with Crippen LogP contribution in [0.25, 0.3) is 27.7 Å². The molecule has 0 aliphatic rings. The normalized spacial score (nSPS) is 13.1. The molecule has 3 aromatic carbocycles. The molecule has 0 aliphatic carbocycles. The van der Waals surface area contributed by atoms with Crippen LogP contribution in [-0.4, -0.2) is 30.1 Å². The SMILES string of the molecule is CC(=O)NC(c1ccc(Cl)cc1)(c1ccc2c(c1)c(-c1cccc(Cl)c1)cc1nncn12)c1cncn1C. The second-order valence-electron chi connectivity index (χ2n) is 9.19. The number of imidazole rings is 1. The lowest BCUT2D eigenvalue weighted by Gasteiger charge is -2.36. The lowest BCUT2D eigenvalue weighted by molar-refractivity contribution is -0.120. The molecule has 38 heavy (non-hydrogen) atoms. The summed E-state index contributed by atoms with van der Waals surface area (Å²) >= 11 is 12.6. The second-order valence-corrected chi connectivity index (χ2v) is 10.1. The molecule has 0 saturated heterocycles. The van der Waals surface area contributed by atoms with Gasteiger partial charge in [0.1, 0.15) is 11.9 Å². The van der Waals surface area contributed by atoms with Gasteiger partial charge in [-0.15, -0.1) is 10.2 Å². The van der Waals surface area contributed by atoms with Gasteiger partial charge < -0.3 is 9.88 Å². The maximum Gasteiger partial charge on any atom is 0.218 e. The third-order valence-electron chi connectivity index (χ3n) is 6.80. The van der Waals surface area contributed by atoms with Crippen LogP contribution in [0.5, 0.6) is 0 Å². The standard InChI is InChI=1S/C29H22Cl2N6O/c1-18(38)34-29(27-15-32-16-36(27)2,20-6-9-22(30)10-7-20)21-8-11-26-25(13-21)24(14-28-35-33-17-37(26)28)19-4-3-5-23(31)12-19/h3-17H,1-2H3,(H,34,38). The Kier molecular flexibility index (Phi) is 5.90. The van der Waals surface area contributed by atoms with Gasteiger partial charge in [-0.05, 0) is 64.7 Å². The van der Waals surface area contributed by atoms with Crippen LogP contribution in [0.1, 0.15) is 23.7 Å². The van der Waals surface area contributed by atoms with Gasteiger partial charge in [0, 0.05) is 29.4 Å². The Morgan fingerprint density at radius 1 is 0.921 bits per heavy atom. The van der Waals surface area contributed by atoms with Gasteiger partial charge in [0.25, 0.3) is 0 Å². The monoisotopic (exact) mass is 540 g/mol. The highest BCUT2D eigenvalue weighted by atomic mass is 35.5. The number of rotatable bonds is 5. The Hall–Kier alpha value is -4.20. The number of hydrogen-bond donors (Lipinski definition) is 1. The average molecular weight is 541 g/mol. The molecule has 1 amide bonds. The highest BCUT2D eigenvalue weighted by molar-refractivity contribution is 6.31. The molecule has 1 atom stereocenters. The number of nitrogens with zero attached hydrogens (tertiary/aromatic N) is 5. The topological polar surface area (TPSA) is 77.1 Å². The van der Waals surface area contributed by atoms with Crippen LogP contribution in [-0.2, 0) is 17.4 Å². The molecule has 7 nitrogen and oxygen atoms in total. The predicted molar refractivity (Wildman–Crippen MR) is 149 cm³/mol. The molecule has 6 rings (SSSR count). The summed E-state index contributed by atoms with van der Waals surface area (Å²) in [6.45, 7) is 1.51. The van der Waals surface area contributed by atoms with Crippen molar-refractivity contribution in [1.29, 1.82) is 0 Å². The van der Waals surface area contributed by atoms with E-state index in [0.29, 0.717) is 10.0 Å². The molecular formula is C29H22Cl2N6O. The van der Waals surface area contributed by atoms with E-state index in [9.17, 15) is 4.79 Å². The van der Waals surface area contributed by atoms with Gasteiger partial charge in [-0.2, -0.15) is 0 Å². The van der Waals surface area contributed by atoms with Gasteiger partial charge in [0.15, 0.2) is 5.65 Å². The van der Waals surface area contributed by atoms with Crippen LogP contribution in [0, 0.1) is 0 Å². The van der Waals surface area contributed by atoms with Crippen LogP contribution >= 0.6 is 23.2 Å². The number of carbonyl (C=O) groups excluding carboxylic acids is 1. The Balaban J connectivity index is 1.72. The first-order valence-electron chi connectivity index (χ1n) is 11.9. The zero-order chi connectivity index (χ0) is 26.4. The molecule has 1 N–H and O–H groups in total. The summed E-state index contributed by atoms with van der Waals surface area (Å²) in [7, 11) is 1.91. The number of pyridine rings is 1. The molecule has 1 unspecified atom stereocenters. The van der Waals surface area contributed by atoms with Crippen molar-refractivity contribution in [3.63, 3.8) is 0 Å². The molecule has 3 heterocycles. The quantitative estimate of drug-likeness (QED) is 0.290. The van der Waals surface area contributed by atoms with E-state index in [-0.39, 0.29) is 5.91 Å². The lowest BCUT2D eigenvalue weighted by Crippen LogP contribution is -2.48. The summed E-state index contributed by atoms with van der Waals surface area (Å²) in [5.74, 6) is -0.189. The highest BCUT2D eigenvalue weighted by Gasteiger charge is 2.40. The summed E-state index contributed by atoms with van der Waals surface area (Å²) < 4.78 is 3.86. The Labute approximate surface area is 228 Å². The van der Waals surface area contributed by atoms with Gasteiger partial charge >= 0.3 is 0 Å². The molecular weight excluding hydrogens is 519 g/mol. The summed E-state index contributed by atoms with van der Waals surface area (Å²) in [5, 5.41) is 13.9. The fourth-order valence-corrected chi connectivity index (χ4v) is 5.49. The van der Waals surface area contributed by atoms with Crippen LogP contribution in [0.4, 0.5) is 0 Å². The van der Waals surface area contributed by atoms with E-state index < -0.39 is 5.54 Å². The van der Waals surface area contributed by atoms with Crippen LogP contribution in [0.2, 0.25) is 10.0 Å². The van der Waals surface area contributed by atoms with Crippen molar-refractivity contribution in [2.24, 2.45) is 7.05 Å². The third kappa shape index (κ3) is 3.91. The van der Waals surface area contributed by atoms with Gasteiger partial charge in [-0.3, -0.25) is 9.20 Å². The maximum absolute atomic E-state index is 12.8. The zero-order valence-electron chi connectivity index (χ0n) is 20.6. The van der Waals surface area contributed by atoms with Crippen molar-refractivity contribution >= 4 is 45.7 Å². The molecule has 0 saturated carbocycles. The smallest absolute Gasteiger partial charge is 0.218 e. The van der Waals surface area contributed by atoms with E-state index in [0.717, 1.165) is 44.5 Å². The van der Waals surface area contributed by atoms with Gasteiger partial charge in [-0.1, -0.05) is 53.5 Å². The Bertz CT molecular complexity index is 1820. The van der Waals surface area contributed by atoms with E-state index >= 15 is 0 Å². The fraction of sp³-hybridized carbons (Fsp3) is 0.103. The Morgan fingerprint density at radius 2 is 1.71 bits per heavy atom. The Morgan fingerprint density at radius 3 is 2.42 bits per heavy atom. The maximum atomic E-state index is 12.8. The number of halogens is 2. The summed E-state index contributed by atoms with van der Waals surface area (Å²) in [6.07, 6.45) is 5.19. The predicted octanol–water partition coefficient (Wildman–Crippen LogP) is 6.02. The van der Waals surface area contributed by atoms with E-state index in [1.54, 1.807) is 18.9 Å². The summed E-state index contributed by atoms with van der Waals surface area (Å²) in [6, 6.07) is 23.3. The van der Waals surface area contributed by atoms with Crippen LogP contribution in [0.15, 0.2) is 91.6 Å². The van der Waals surface area contributed by atoms with Gasteiger partial charge in [-0.25, -0.2) is 4.98 Å². The number of amides is 1. The second kappa shape index (κ2) is 9.28. The molecule has 0 aliphatic heterocycles. The third-order valence-corrected chi connectivity index (χ3v) is 7.29. The number of aromatic nitrogens is 5. The molecule has 3 aromatic heterocycles. The minimum absolute atomic E-state index is 0.189. The number of benzene rings is 3. The first kappa shape index (κ1) is 24.2. The number of nitrogens with one attached hydrogen (secondary N) is 1. The minimum atomic E-state index is -1.05. The van der Waals surface area contributed by atoms with Crippen molar-refractivity contribution in [1.82, 2.24) is 29.5 Å². The molecule has 188 valence electrons. The van der Waals surface area contributed by atoms with Crippen LogP contribution in [0.3, 0.4) is 0 Å². The van der Waals surface area contributed by atoms with E-state index in [2.05, 4.69) is 26.6 Å². The molecule has 9 heteroatoms. The van der Waals surface area contributed by atoms with E-state index in [1.165, 1.54) is 6.92 Å². The van der Waals surface area contributed by atoms with Crippen molar-refractivity contribution in [2.75, 3.05) is 0 Å². The minimum Gasteiger partial charge on any atom is -0.337 e. The van der Waals surface area contributed by atoms with Crippen molar-refractivity contribution in [3.05, 3.63) is 119 Å². The molecule has 0 bridgehead atoms. The van der Waals surface area contributed by atoms with E-state index in [4.69, 9.17) is 23.2 Å². The first-order valence-corrected chi connectivity index (χ1v) is 12.7. The summed E-state index contributed by atoms with van der Waals surface area (Å²) in [4.78, 5) is 17.2. The largest absolute Gasteiger partial charge is 0.337 e. The molecule has 0 radical (unpaired) electrons. The van der Waals surface area contributed by atoms with Crippen molar-refractivity contribution in [3.8, 4) is 11.1 Å². The number of carbonyl (C=O) groups is 1. The number of aryl methyl sites for hydroxylation is 1. The first-order chi connectivity index (χ1) is 18.4. The number of hydrogen-bond acceptors (Lipinski definition) is 4. The number of fused-ring (bicyclic) bond motifs is 3. The van der Waals surface area contributed by atoms with Crippen molar-refractivity contribution < 1.29 is 4.79 Å². The van der Waals surface area contributed by atoms with Crippen molar-refractivity contribution in [2.45, 2.75) is 12.5 Å². The molecule has 6 aromatic rings. The molecule has 0 spiro atoms. The molecule has 0 fully saturated rings.